The Labute approximate surface area is 190 Å². The lowest BCUT2D eigenvalue weighted by molar-refractivity contribution is -0.129. The molecule has 1 saturated heterocycles. The number of morpholine rings is 1. The van der Waals surface area contributed by atoms with E-state index in [9.17, 15) is 4.79 Å². The number of hydrogen-bond acceptors (Lipinski definition) is 5. The monoisotopic (exact) mass is 439 g/mol. The van der Waals surface area contributed by atoms with Crippen molar-refractivity contribution in [3.63, 3.8) is 0 Å². The summed E-state index contributed by atoms with van der Waals surface area (Å²) in [5, 5.41) is 0. The molecule has 1 aliphatic heterocycles. The summed E-state index contributed by atoms with van der Waals surface area (Å²) in [6.45, 7) is 8.53. The minimum atomic E-state index is -0.240. The minimum absolute atomic E-state index is 0.0365. The first-order valence-electron chi connectivity index (χ1n) is 11.0. The molecule has 0 bridgehead atoms. The molecule has 1 fully saturated rings. The number of carbonyl (C=O) groups excluding carboxylic acids is 1. The molecule has 2 aromatic rings. The second-order valence-corrected chi connectivity index (χ2v) is 8.31. The lowest BCUT2D eigenvalue weighted by Gasteiger charge is -2.26. The average Bonchev–Trinajstić information content (AvgIpc) is 2.83. The standard InChI is InChI=1S/C26H33NO5/c1-6-26(2,3)32-21-10-7-19(8-11-21)22(18-25(28)27-13-15-31-16-14-27)20-9-12-23(29-4)24(17-20)30-5/h7-12,17-18H,6,13-16H2,1-5H3/b22-18-. The molecule has 1 amide bonds. The highest BCUT2D eigenvalue weighted by molar-refractivity contribution is 5.99. The maximum Gasteiger partial charge on any atom is 0.247 e. The van der Waals surface area contributed by atoms with Crippen LogP contribution < -0.4 is 14.2 Å². The van der Waals surface area contributed by atoms with Crippen molar-refractivity contribution >= 4 is 11.5 Å². The maximum absolute atomic E-state index is 13.0. The fourth-order valence-corrected chi connectivity index (χ4v) is 3.43. The summed E-state index contributed by atoms with van der Waals surface area (Å²) in [6.07, 6.45) is 2.60. The Bertz CT molecular complexity index is 943. The molecule has 2 aromatic carbocycles. The average molecular weight is 440 g/mol. The normalized spacial score (nSPS) is 14.8. The molecule has 3 rings (SSSR count). The summed E-state index contributed by atoms with van der Waals surface area (Å²) in [5.74, 6) is 2.01. The van der Waals surface area contributed by atoms with E-state index in [4.69, 9.17) is 18.9 Å². The van der Waals surface area contributed by atoms with Gasteiger partial charge in [0.15, 0.2) is 11.5 Å². The van der Waals surface area contributed by atoms with Gasteiger partial charge in [0.05, 0.1) is 27.4 Å². The molecule has 1 aliphatic rings. The predicted molar refractivity (Wildman–Crippen MR) is 125 cm³/mol. The van der Waals surface area contributed by atoms with Crippen LogP contribution in [0.5, 0.6) is 17.2 Å². The molecule has 0 aromatic heterocycles. The Kier molecular flexibility index (Phi) is 7.80. The number of carbonyl (C=O) groups is 1. The zero-order valence-electron chi connectivity index (χ0n) is 19.6. The van der Waals surface area contributed by atoms with Crippen molar-refractivity contribution in [3.8, 4) is 17.2 Å². The van der Waals surface area contributed by atoms with Gasteiger partial charge in [0.2, 0.25) is 5.91 Å². The van der Waals surface area contributed by atoms with Crippen molar-refractivity contribution in [2.24, 2.45) is 0 Å². The van der Waals surface area contributed by atoms with E-state index in [0.29, 0.717) is 37.8 Å². The lowest BCUT2D eigenvalue weighted by Crippen LogP contribution is -2.39. The fourth-order valence-electron chi connectivity index (χ4n) is 3.43. The van der Waals surface area contributed by atoms with Crippen LogP contribution in [-0.2, 0) is 9.53 Å². The van der Waals surface area contributed by atoms with Crippen molar-refractivity contribution in [1.82, 2.24) is 4.90 Å². The highest BCUT2D eigenvalue weighted by Crippen LogP contribution is 2.34. The van der Waals surface area contributed by atoms with Gasteiger partial charge in [-0.1, -0.05) is 25.1 Å². The number of ether oxygens (including phenoxy) is 4. The van der Waals surface area contributed by atoms with E-state index in [-0.39, 0.29) is 11.5 Å². The van der Waals surface area contributed by atoms with Gasteiger partial charge in [0, 0.05) is 19.2 Å². The van der Waals surface area contributed by atoms with E-state index in [1.165, 1.54) is 0 Å². The van der Waals surface area contributed by atoms with Crippen LogP contribution in [0.15, 0.2) is 48.5 Å². The number of methoxy groups -OCH3 is 2. The van der Waals surface area contributed by atoms with Crippen LogP contribution in [0.25, 0.3) is 5.57 Å². The number of hydrogen-bond donors (Lipinski definition) is 0. The third-order valence-corrected chi connectivity index (χ3v) is 5.70. The highest BCUT2D eigenvalue weighted by Gasteiger charge is 2.19. The smallest absolute Gasteiger partial charge is 0.247 e. The third-order valence-electron chi connectivity index (χ3n) is 5.70. The van der Waals surface area contributed by atoms with Crippen LogP contribution in [0.1, 0.15) is 38.3 Å². The molecule has 1 heterocycles. The second kappa shape index (κ2) is 10.6. The highest BCUT2D eigenvalue weighted by atomic mass is 16.5. The number of rotatable bonds is 8. The zero-order chi connectivity index (χ0) is 23.1. The molecule has 6 heteroatoms. The van der Waals surface area contributed by atoms with Gasteiger partial charge < -0.3 is 23.8 Å². The Morgan fingerprint density at radius 1 is 1.00 bits per heavy atom. The predicted octanol–water partition coefficient (Wildman–Crippen LogP) is 4.56. The molecule has 172 valence electrons. The second-order valence-electron chi connectivity index (χ2n) is 8.31. The molecular formula is C26H33NO5. The Morgan fingerprint density at radius 3 is 2.22 bits per heavy atom. The summed E-state index contributed by atoms with van der Waals surface area (Å²) >= 11 is 0. The molecule has 32 heavy (non-hydrogen) atoms. The molecule has 0 unspecified atom stereocenters. The molecule has 0 atom stereocenters. The van der Waals surface area contributed by atoms with Gasteiger partial charge >= 0.3 is 0 Å². The number of benzene rings is 2. The quantitative estimate of drug-likeness (QED) is 0.565. The SMILES string of the molecule is CCC(C)(C)Oc1ccc(/C(=C/C(=O)N2CCOCC2)c2ccc(OC)c(OC)c2)cc1. The maximum atomic E-state index is 13.0. The van der Waals surface area contributed by atoms with Crippen molar-refractivity contribution < 1.29 is 23.7 Å². The number of nitrogens with zero attached hydrogens (tertiary/aromatic N) is 1. The number of amides is 1. The Hall–Kier alpha value is -2.99. The largest absolute Gasteiger partial charge is 0.493 e. The lowest BCUT2D eigenvalue weighted by atomic mass is 9.96. The summed E-state index contributed by atoms with van der Waals surface area (Å²) in [6, 6.07) is 13.5. The van der Waals surface area contributed by atoms with Gasteiger partial charge in [0.1, 0.15) is 11.4 Å². The summed E-state index contributed by atoms with van der Waals surface area (Å²) in [5.41, 5.74) is 2.35. The first kappa shape index (κ1) is 23.7. The Morgan fingerprint density at radius 2 is 1.62 bits per heavy atom. The van der Waals surface area contributed by atoms with E-state index in [0.717, 1.165) is 28.9 Å². The molecule has 6 nitrogen and oxygen atoms in total. The van der Waals surface area contributed by atoms with Gasteiger partial charge in [-0.3, -0.25) is 4.79 Å². The molecule has 0 radical (unpaired) electrons. The van der Waals surface area contributed by atoms with E-state index < -0.39 is 0 Å². The topological polar surface area (TPSA) is 57.2 Å². The molecule has 0 aliphatic carbocycles. The molecule has 0 spiro atoms. The van der Waals surface area contributed by atoms with E-state index in [1.807, 2.05) is 47.4 Å². The van der Waals surface area contributed by atoms with Gasteiger partial charge in [0.25, 0.3) is 0 Å². The van der Waals surface area contributed by atoms with Crippen molar-refractivity contribution in [1.29, 1.82) is 0 Å². The third kappa shape index (κ3) is 5.82. The van der Waals surface area contributed by atoms with Crippen LogP contribution in [0.2, 0.25) is 0 Å². The molecule has 0 N–H and O–H groups in total. The van der Waals surface area contributed by atoms with Crippen LogP contribution >= 0.6 is 0 Å². The van der Waals surface area contributed by atoms with Crippen LogP contribution in [-0.4, -0.2) is 56.9 Å². The summed E-state index contributed by atoms with van der Waals surface area (Å²) < 4.78 is 22.3. The van der Waals surface area contributed by atoms with Crippen molar-refractivity contribution in [2.45, 2.75) is 32.8 Å². The molecule has 0 saturated carbocycles. The first-order valence-corrected chi connectivity index (χ1v) is 11.0. The summed E-state index contributed by atoms with van der Waals surface area (Å²) in [7, 11) is 3.21. The van der Waals surface area contributed by atoms with Gasteiger partial charge in [-0.2, -0.15) is 0 Å². The van der Waals surface area contributed by atoms with Crippen LogP contribution in [0.3, 0.4) is 0 Å². The van der Waals surface area contributed by atoms with Crippen LogP contribution in [0.4, 0.5) is 0 Å². The van der Waals surface area contributed by atoms with Gasteiger partial charge in [-0.15, -0.1) is 0 Å². The summed E-state index contributed by atoms with van der Waals surface area (Å²) in [4.78, 5) is 14.9. The molecular weight excluding hydrogens is 406 g/mol. The van der Waals surface area contributed by atoms with Crippen molar-refractivity contribution in [3.05, 3.63) is 59.7 Å². The minimum Gasteiger partial charge on any atom is -0.493 e. The van der Waals surface area contributed by atoms with E-state index in [1.54, 1.807) is 20.3 Å². The van der Waals surface area contributed by atoms with E-state index >= 15 is 0 Å². The van der Waals surface area contributed by atoms with E-state index in [2.05, 4.69) is 20.8 Å². The van der Waals surface area contributed by atoms with Gasteiger partial charge in [-0.05, 0) is 61.2 Å². The zero-order valence-corrected chi connectivity index (χ0v) is 19.6. The first-order chi connectivity index (χ1) is 15.4. The fraction of sp³-hybridized carbons (Fsp3) is 0.423. The van der Waals surface area contributed by atoms with Crippen molar-refractivity contribution in [2.75, 3.05) is 40.5 Å². The van der Waals surface area contributed by atoms with Crippen LogP contribution in [0, 0.1) is 0 Å². The van der Waals surface area contributed by atoms with Gasteiger partial charge in [-0.25, -0.2) is 0 Å². The Balaban J connectivity index is 1.99.